The molecule has 8 nitrogen and oxygen atoms in total. The molecule has 1 N–H and O–H groups in total. The van der Waals surface area contributed by atoms with Gasteiger partial charge in [-0.1, -0.05) is 0 Å². The smallest absolute Gasteiger partial charge is 0.345 e. The van der Waals surface area contributed by atoms with Crippen LogP contribution in [-0.2, 0) is 15.6 Å². The molecule has 1 atom stereocenters. The van der Waals surface area contributed by atoms with Crippen molar-refractivity contribution in [3.8, 4) is 0 Å². The number of nitrogens with zero attached hydrogens (tertiary/aromatic N) is 4. The second-order valence-corrected chi connectivity index (χ2v) is 7.97. The van der Waals surface area contributed by atoms with Gasteiger partial charge in [0.25, 0.3) is 0 Å². The van der Waals surface area contributed by atoms with Gasteiger partial charge in [0.15, 0.2) is 0 Å². The van der Waals surface area contributed by atoms with Crippen LogP contribution in [0.5, 0.6) is 0 Å². The summed E-state index contributed by atoms with van der Waals surface area (Å²) in [4.78, 5) is 19.1. The minimum absolute atomic E-state index is 0.391. The lowest BCUT2D eigenvalue weighted by Gasteiger charge is -2.29. The number of anilines is 1. The van der Waals surface area contributed by atoms with Crippen LogP contribution in [0.2, 0.25) is 0 Å². The molecule has 2 aromatic rings. The molecule has 5 rings (SSSR count). The Morgan fingerprint density at radius 1 is 1.21 bits per heavy atom. The fourth-order valence-corrected chi connectivity index (χ4v) is 4.58. The molecular weight excluding hydrogens is 378 g/mol. The first-order chi connectivity index (χ1) is 13.7. The second-order valence-electron chi connectivity index (χ2n) is 6.57. The van der Waals surface area contributed by atoms with E-state index in [0.29, 0.717) is 22.7 Å². The van der Waals surface area contributed by atoms with Crippen molar-refractivity contribution < 1.29 is 9.15 Å². The average molecular weight is 397 g/mol. The highest BCUT2D eigenvalue weighted by molar-refractivity contribution is 7.99. The predicted octanol–water partition coefficient (Wildman–Crippen LogP) is 2.02. The molecule has 9 heteroatoms. The molecule has 0 bridgehead atoms. The van der Waals surface area contributed by atoms with E-state index in [1.807, 2.05) is 28.7 Å². The SMILES string of the molecule is COC1=CN2C=C(c3cc4ccc(N5CCNCC5)cc4oc3=O)N=S2C=N1. The van der Waals surface area contributed by atoms with Gasteiger partial charge < -0.3 is 19.4 Å². The lowest BCUT2D eigenvalue weighted by molar-refractivity contribution is 0.283. The van der Waals surface area contributed by atoms with Crippen LogP contribution in [0.4, 0.5) is 5.69 Å². The molecule has 0 radical (unpaired) electrons. The number of fused-ring (bicyclic) bond motifs is 2. The lowest BCUT2D eigenvalue weighted by atomic mass is 10.1. The van der Waals surface area contributed by atoms with E-state index in [9.17, 15) is 4.79 Å². The van der Waals surface area contributed by atoms with Gasteiger partial charge in [0.1, 0.15) is 11.3 Å². The van der Waals surface area contributed by atoms with Gasteiger partial charge in [-0.15, -0.1) is 0 Å². The van der Waals surface area contributed by atoms with Crippen LogP contribution in [0.1, 0.15) is 5.56 Å². The molecule has 1 saturated heterocycles. The Bertz CT molecular complexity index is 1130. The van der Waals surface area contributed by atoms with Gasteiger partial charge in [-0.25, -0.2) is 9.79 Å². The Kier molecular flexibility index (Phi) is 4.25. The van der Waals surface area contributed by atoms with Crippen molar-refractivity contribution in [3.63, 3.8) is 0 Å². The van der Waals surface area contributed by atoms with E-state index in [1.54, 1.807) is 18.9 Å². The van der Waals surface area contributed by atoms with Crippen molar-refractivity contribution in [1.82, 2.24) is 9.62 Å². The van der Waals surface area contributed by atoms with E-state index in [4.69, 9.17) is 9.15 Å². The van der Waals surface area contributed by atoms with Crippen LogP contribution in [0.25, 0.3) is 16.7 Å². The van der Waals surface area contributed by atoms with Crippen molar-refractivity contribution >= 4 is 38.8 Å². The number of methoxy groups -OCH3 is 1. The molecule has 4 heterocycles. The molecule has 0 amide bonds. The molecule has 1 aromatic carbocycles. The summed E-state index contributed by atoms with van der Waals surface area (Å²) in [6, 6.07) is 7.86. The number of piperazine rings is 1. The van der Waals surface area contributed by atoms with Crippen LogP contribution in [0, 0.1) is 0 Å². The fourth-order valence-electron chi connectivity index (χ4n) is 3.38. The standard InChI is InChI=1S/C19H19N5O3S/c1-26-18-11-24-10-16(22-28(24)12-21-18)15-8-13-2-3-14(9-17(13)27-19(15)25)23-6-4-20-5-7-23/h2-3,8-12,20H,4-7H2,1H3. The van der Waals surface area contributed by atoms with Crippen LogP contribution in [0.15, 0.2) is 61.1 Å². The highest BCUT2D eigenvalue weighted by atomic mass is 32.2. The monoisotopic (exact) mass is 397 g/mol. The lowest BCUT2D eigenvalue weighted by Crippen LogP contribution is -2.43. The van der Waals surface area contributed by atoms with E-state index < -0.39 is 16.5 Å². The largest absolute Gasteiger partial charge is 0.480 e. The number of ether oxygens (including phenoxy) is 1. The zero-order chi connectivity index (χ0) is 19.1. The third-order valence-electron chi connectivity index (χ3n) is 4.86. The summed E-state index contributed by atoms with van der Waals surface area (Å²) in [7, 11) is 1.00. The normalized spacial score (nSPS) is 21.2. The number of rotatable bonds is 3. The summed E-state index contributed by atoms with van der Waals surface area (Å²) in [5.41, 5.74) is 4.02. The maximum Gasteiger partial charge on any atom is 0.345 e. The maximum atomic E-state index is 12.7. The summed E-state index contributed by atoms with van der Waals surface area (Å²) < 4.78 is 17.3. The van der Waals surface area contributed by atoms with E-state index in [1.165, 1.54) is 0 Å². The minimum atomic E-state index is -0.563. The molecule has 0 spiro atoms. The van der Waals surface area contributed by atoms with Crippen LogP contribution >= 0.6 is 0 Å². The molecule has 1 fully saturated rings. The molecule has 28 heavy (non-hydrogen) atoms. The average Bonchev–Trinajstić information content (AvgIpc) is 3.16. The maximum absolute atomic E-state index is 12.7. The molecule has 144 valence electrons. The highest BCUT2D eigenvalue weighted by Gasteiger charge is 2.22. The Morgan fingerprint density at radius 3 is 2.89 bits per heavy atom. The van der Waals surface area contributed by atoms with Crippen LogP contribution in [0.3, 0.4) is 0 Å². The number of hydrogen-bond acceptors (Lipinski definition) is 8. The Labute approximate surface area is 164 Å². The number of hydrogen-bond donors (Lipinski definition) is 1. The van der Waals surface area contributed by atoms with Crippen molar-refractivity contribution in [3.05, 3.63) is 58.5 Å². The zero-order valence-electron chi connectivity index (χ0n) is 15.3. The summed E-state index contributed by atoms with van der Waals surface area (Å²) in [6.45, 7) is 3.79. The quantitative estimate of drug-likeness (QED) is 0.798. The summed E-state index contributed by atoms with van der Waals surface area (Å²) in [5, 5.41) is 4.22. The summed E-state index contributed by atoms with van der Waals surface area (Å²) >= 11 is 0. The Balaban J connectivity index is 1.51. The van der Waals surface area contributed by atoms with Crippen molar-refractivity contribution in [2.24, 2.45) is 9.36 Å². The van der Waals surface area contributed by atoms with Crippen molar-refractivity contribution in [2.75, 3.05) is 38.2 Å². The van der Waals surface area contributed by atoms with Crippen molar-refractivity contribution in [2.45, 2.75) is 0 Å². The van der Waals surface area contributed by atoms with Crippen LogP contribution < -0.4 is 15.8 Å². The molecular formula is C19H19N5O3S. The number of aliphatic imine (C=N–C) groups is 1. The van der Waals surface area contributed by atoms with Gasteiger partial charge in [-0.3, -0.25) is 4.31 Å². The summed E-state index contributed by atoms with van der Waals surface area (Å²) in [5.74, 6) is 0.502. The Hall–Kier alpha value is -2.91. The van der Waals surface area contributed by atoms with E-state index >= 15 is 0 Å². The van der Waals surface area contributed by atoms with E-state index in [0.717, 1.165) is 37.3 Å². The van der Waals surface area contributed by atoms with Gasteiger partial charge in [0.2, 0.25) is 5.88 Å². The number of benzene rings is 1. The van der Waals surface area contributed by atoms with Crippen molar-refractivity contribution in [1.29, 1.82) is 0 Å². The minimum Gasteiger partial charge on any atom is -0.480 e. The topological polar surface area (TPSA) is 82.7 Å². The molecule has 1 unspecified atom stereocenters. The first kappa shape index (κ1) is 17.2. The van der Waals surface area contributed by atoms with Gasteiger partial charge >= 0.3 is 5.63 Å². The van der Waals surface area contributed by atoms with E-state index in [-0.39, 0.29) is 0 Å². The van der Waals surface area contributed by atoms with Gasteiger partial charge in [0.05, 0.1) is 24.4 Å². The third-order valence-corrected chi connectivity index (χ3v) is 6.18. The highest BCUT2D eigenvalue weighted by Crippen LogP contribution is 2.29. The zero-order valence-corrected chi connectivity index (χ0v) is 16.1. The molecule has 1 aromatic heterocycles. The molecule has 3 aliphatic rings. The number of nitrogens with one attached hydrogen (secondary N) is 1. The van der Waals surface area contributed by atoms with E-state index in [2.05, 4.69) is 25.6 Å². The second kappa shape index (κ2) is 6.92. The Morgan fingerprint density at radius 2 is 2.07 bits per heavy atom. The molecule has 0 saturated carbocycles. The first-order valence-corrected chi connectivity index (χ1v) is 10.2. The molecule has 0 aliphatic carbocycles. The third kappa shape index (κ3) is 3.02. The van der Waals surface area contributed by atoms with Gasteiger partial charge in [-0.2, -0.15) is 4.36 Å². The summed E-state index contributed by atoms with van der Waals surface area (Å²) in [6.07, 6.45) is 3.59. The fraction of sp³-hybridized carbons (Fsp3) is 0.263. The van der Waals surface area contributed by atoms with Gasteiger partial charge in [-0.05, 0) is 18.2 Å². The molecule has 3 aliphatic heterocycles. The first-order valence-electron chi connectivity index (χ1n) is 9.00. The van der Waals surface area contributed by atoms with Gasteiger partial charge in [0, 0.05) is 60.4 Å². The van der Waals surface area contributed by atoms with Crippen LogP contribution in [-0.4, -0.2) is 43.1 Å². The predicted molar refractivity (Wildman–Crippen MR) is 111 cm³/mol.